The summed E-state index contributed by atoms with van der Waals surface area (Å²) in [4.78, 5) is 27.1. The van der Waals surface area contributed by atoms with E-state index in [0.29, 0.717) is 17.9 Å². The number of imide groups is 1. The van der Waals surface area contributed by atoms with Crippen LogP contribution in [0.1, 0.15) is 23.3 Å². The lowest BCUT2D eigenvalue weighted by Crippen LogP contribution is -2.41. The quantitative estimate of drug-likeness (QED) is 0.693. The minimum absolute atomic E-state index is 0.0394. The molecule has 146 valence electrons. The molecule has 0 saturated carbocycles. The molecule has 7 nitrogen and oxygen atoms in total. The van der Waals surface area contributed by atoms with Gasteiger partial charge in [0.05, 0.1) is 13.7 Å². The van der Waals surface area contributed by atoms with E-state index in [0.717, 1.165) is 28.9 Å². The van der Waals surface area contributed by atoms with Gasteiger partial charge < -0.3 is 14.6 Å². The van der Waals surface area contributed by atoms with Crippen molar-refractivity contribution < 1.29 is 18.8 Å². The van der Waals surface area contributed by atoms with Crippen LogP contribution in [0, 0.1) is 0 Å². The maximum atomic E-state index is 13.2. The van der Waals surface area contributed by atoms with E-state index in [1.807, 2.05) is 48.5 Å². The van der Waals surface area contributed by atoms with Crippen molar-refractivity contribution in [2.75, 3.05) is 7.11 Å². The monoisotopic (exact) mass is 389 g/mol. The number of hydrogen-bond donors (Lipinski definition) is 1. The summed E-state index contributed by atoms with van der Waals surface area (Å²) in [6, 6.07) is 16.5. The predicted molar refractivity (Wildman–Crippen MR) is 104 cm³/mol. The van der Waals surface area contributed by atoms with Crippen molar-refractivity contribution in [1.29, 1.82) is 0 Å². The molecule has 2 heterocycles. The Morgan fingerprint density at radius 1 is 1.17 bits per heavy atom. The topological polar surface area (TPSA) is 84.7 Å². The van der Waals surface area contributed by atoms with Gasteiger partial charge in [-0.25, -0.2) is 4.79 Å². The molecule has 0 unspecified atom stereocenters. The molecule has 3 aromatic rings. The Hall–Kier alpha value is -3.61. The second-order valence-corrected chi connectivity index (χ2v) is 7.29. The summed E-state index contributed by atoms with van der Waals surface area (Å²) < 4.78 is 10.6. The number of amides is 3. The number of aromatic nitrogens is 1. The smallest absolute Gasteiger partial charge is 0.325 e. The third kappa shape index (κ3) is 2.69. The van der Waals surface area contributed by atoms with Crippen molar-refractivity contribution in [3.63, 3.8) is 0 Å². The first-order valence-corrected chi connectivity index (χ1v) is 9.43. The van der Waals surface area contributed by atoms with Crippen LogP contribution in [0.5, 0.6) is 5.75 Å². The van der Waals surface area contributed by atoms with E-state index < -0.39 is 11.6 Å². The summed E-state index contributed by atoms with van der Waals surface area (Å²) in [7, 11) is 1.61. The zero-order valence-corrected chi connectivity index (χ0v) is 15.8. The molecule has 29 heavy (non-hydrogen) atoms. The van der Waals surface area contributed by atoms with Gasteiger partial charge in [0.2, 0.25) is 0 Å². The van der Waals surface area contributed by atoms with Crippen LogP contribution in [0.2, 0.25) is 0 Å². The molecule has 0 radical (unpaired) electrons. The van der Waals surface area contributed by atoms with E-state index in [9.17, 15) is 9.59 Å². The van der Waals surface area contributed by atoms with Gasteiger partial charge in [0.15, 0.2) is 5.76 Å². The normalized spacial score (nSPS) is 20.2. The van der Waals surface area contributed by atoms with E-state index in [-0.39, 0.29) is 12.5 Å². The molecule has 1 aliphatic heterocycles. The number of methoxy groups -OCH3 is 1. The van der Waals surface area contributed by atoms with E-state index in [1.54, 1.807) is 13.2 Å². The molecular formula is C22H19N3O4. The lowest BCUT2D eigenvalue weighted by molar-refractivity contribution is -0.132. The molecule has 5 rings (SSSR count). The van der Waals surface area contributed by atoms with E-state index in [2.05, 4.69) is 10.5 Å². The molecular weight excluding hydrogens is 370 g/mol. The minimum atomic E-state index is -0.966. The zero-order valence-electron chi connectivity index (χ0n) is 15.8. The van der Waals surface area contributed by atoms with E-state index in [1.165, 1.54) is 4.90 Å². The first-order valence-electron chi connectivity index (χ1n) is 9.43. The maximum absolute atomic E-state index is 13.2. The molecule has 1 fully saturated rings. The van der Waals surface area contributed by atoms with E-state index >= 15 is 0 Å². The zero-order chi connectivity index (χ0) is 20.0. The highest BCUT2D eigenvalue weighted by atomic mass is 16.5. The third-order valence-electron chi connectivity index (χ3n) is 5.68. The molecule has 1 aliphatic carbocycles. The highest BCUT2D eigenvalue weighted by molar-refractivity contribution is 6.08. The van der Waals surface area contributed by atoms with Crippen LogP contribution in [0.25, 0.3) is 11.3 Å². The highest BCUT2D eigenvalue weighted by Crippen LogP contribution is 2.41. The van der Waals surface area contributed by atoms with Gasteiger partial charge in [0.25, 0.3) is 5.91 Å². The number of benzene rings is 2. The molecule has 2 aliphatic rings. The highest BCUT2D eigenvalue weighted by Gasteiger charge is 2.55. The van der Waals surface area contributed by atoms with Crippen LogP contribution >= 0.6 is 0 Å². The SMILES string of the molecule is COc1ccc(-c2cc(CN3C(=O)N[C@]4(CCc5ccccc54)C3=O)on2)cc1. The molecule has 1 atom stereocenters. The van der Waals surface area contributed by atoms with Gasteiger partial charge in [-0.05, 0) is 48.2 Å². The standard InChI is InChI=1S/C22H19N3O4/c1-28-16-8-6-15(7-9-16)19-12-17(29-24-19)13-25-20(26)22(23-21(25)27)11-10-14-4-2-3-5-18(14)22/h2-9,12H,10-11,13H2,1H3,(H,23,27)/t22-/m0/s1. The molecule has 2 aromatic carbocycles. The summed E-state index contributed by atoms with van der Waals surface area (Å²) in [6.45, 7) is 0.0394. The van der Waals surface area contributed by atoms with Crippen molar-refractivity contribution in [2.24, 2.45) is 0 Å². The minimum Gasteiger partial charge on any atom is -0.497 e. The van der Waals surface area contributed by atoms with Gasteiger partial charge in [-0.2, -0.15) is 0 Å². The van der Waals surface area contributed by atoms with Crippen LogP contribution in [0.4, 0.5) is 4.79 Å². The second kappa shape index (κ2) is 6.48. The first kappa shape index (κ1) is 17.5. The lowest BCUT2D eigenvalue weighted by Gasteiger charge is -2.22. The summed E-state index contributed by atoms with van der Waals surface area (Å²) >= 11 is 0. The van der Waals surface area contributed by atoms with Gasteiger partial charge in [-0.15, -0.1) is 0 Å². The average Bonchev–Trinajstić information content (AvgIpc) is 3.43. The Labute approximate surface area is 167 Å². The number of urea groups is 1. The predicted octanol–water partition coefficient (Wildman–Crippen LogP) is 3.24. The first-order chi connectivity index (χ1) is 14.1. The van der Waals surface area contributed by atoms with Crippen LogP contribution < -0.4 is 10.1 Å². The van der Waals surface area contributed by atoms with Gasteiger partial charge >= 0.3 is 6.03 Å². The number of ether oxygens (including phenoxy) is 1. The van der Waals surface area contributed by atoms with Crippen molar-refractivity contribution in [3.05, 3.63) is 71.5 Å². The fourth-order valence-electron chi connectivity index (χ4n) is 4.17. The molecule has 1 saturated heterocycles. The summed E-state index contributed by atoms with van der Waals surface area (Å²) in [5.41, 5.74) is 2.52. The number of hydrogen-bond acceptors (Lipinski definition) is 5. The number of carbonyl (C=O) groups is 2. The molecule has 1 spiro atoms. The summed E-state index contributed by atoms with van der Waals surface area (Å²) in [6.07, 6.45) is 1.33. The largest absolute Gasteiger partial charge is 0.497 e. The summed E-state index contributed by atoms with van der Waals surface area (Å²) in [5.74, 6) is 0.955. The third-order valence-corrected chi connectivity index (χ3v) is 5.68. The fourth-order valence-corrected chi connectivity index (χ4v) is 4.17. The number of rotatable bonds is 4. The van der Waals surface area contributed by atoms with Crippen molar-refractivity contribution in [1.82, 2.24) is 15.4 Å². The fraction of sp³-hybridized carbons (Fsp3) is 0.227. The Kier molecular flexibility index (Phi) is 3.91. The lowest BCUT2D eigenvalue weighted by atomic mass is 9.92. The molecule has 1 N–H and O–H groups in total. The van der Waals surface area contributed by atoms with Crippen LogP contribution in [0.15, 0.2) is 59.1 Å². The molecule has 1 aromatic heterocycles. The molecule has 0 bridgehead atoms. The van der Waals surface area contributed by atoms with Crippen molar-refractivity contribution >= 4 is 11.9 Å². The number of nitrogens with zero attached hydrogens (tertiary/aromatic N) is 2. The van der Waals surface area contributed by atoms with Crippen molar-refractivity contribution in [2.45, 2.75) is 24.9 Å². The molecule has 7 heteroatoms. The number of nitrogens with one attached hydrogen (secondary N) is 1. The van der Waals surface area contributed by atoms with Crippen LogP contribution in [-0.2, 0) is 23.3 Å². The van der Waals surface area contributed by atoms with Crippen LogP contribution in [0.3, 0.4) is 0 Å². The van der Waals surface area contributed by atoms with E-state index in [4.69, 9.17) is 9.26 Å². The summed E-state index contributed by atoms with van der Waals surface area (Å²) in [5, 5.41) is 6.99. The van der Waals surface area contributed by atoms with Gasteiger partial charge in [0, 0.05) is 11.6 Å². The van der Waals surface area contributed by atoms with Crippen molar-refractivity contribution in [3.8, 4) is 17.0 Å². The second-order valence-electron chi connectivity index (χ2n) is 7.29. The van der Waals surface area contributed by atoms with Gasteiger partial charge in [-0.3, -0.25) is 9.69 Å². The average molecular weight is 389 g/mol. The van der Waals surface area contributed by atoms with Gasteiger partial charge in [0.1, 0.15) is 17.0 Å². The number of carbonyl (C=O) groups excluding carboxylic acids is 2. The number of fused-ring (bicyclic) bond motifs is 2. The molecule has 3 amide bonds. The Morgan fingerprint density at radius 2 is 1.97 bits per heavy atom. The maximum Gasteiger partial charge on any atom is 0.325 e. The Balaban J connectivity index is 1.38. The van der Waals surface area contributed by atoms with Crippen LogP contribution in [-0.4, -0.2) is 29.1 Å². The number of aryl methyl sites for hydroxylation is 1. The Morgan fingerprint density at radius 3 is 2.76 bits per heavy atom. The van der Waals surface area contributed by atoms with Gasteiger partial charge in [-0.1, -0.05) is 29.4 Å². The Bertz CT molecular complexity index is 1110.